The van der Waals surface area contributed by atoms with Crippen molar-refractivity contribution in [3.8, 4) is 0 Å². The van der Waals surface area contributed by atoms with Crippen LogP contribution in [0, 0.1) is 5.82 Å². The Labute approximate surface area is 122 Å². The normalized spacial score (nSPS) is 12.7. The molecule has 1 aromatic carbocycles. The van der Waals surface area contributed by atoms with Crippen molar-refractivity contribution in [3.63, 3.8) is 0 Å². The molecule has 20 heavy (non-hydrogen) atoms. The van der Waals surface area contributed by atoms with Gasteiger partial charge < -0.3 is 14.8 Å². The van der Waals surface area contributed by atoms with Gasteiger partial charge in [-0.2, -0.15) is 0 Å². The number of nitrogens with one attached hydrogen (secondary N) is 1. The predicted octanol–water partition coefficient (Wildman–Crippen LogP) is 3.63. The van der Waals surface area contributed by atoms with Gasteiger partial charge in [-0.05, 0) is 32.9 Å². The number of hydrogen-bond donors (Lipinski definition) is 1. The summed E-state index contributed by atoms with van der Waals surface area (Å²) in [4.78, 5) is 22.4. The average molecular weight is 302 g/mol. The van der Waals surface area contributed by atoms with Crippen LogP contribution < -0.4 is 5.32 Å². The lowest BCUT2D eigenvalue weighted by Crippen LogP contribution is -2.35. The van der Waals surface area contributed by atoms with Crippen molar-refractivity contribution in [2.24, 2.45) is 0 Å². The minimum atomic E-state index is -0.792. The molecule has 1 rings (SSSR count). The summed E-state index contributed by atoms with van der Waals surface area (Å²) in [5, 5.41) is 2.72. The fourth-order valence-corrected chi connectivity index (χ4v) is 1.75. The quantitative estimate of drug-likeness (QED) is 0.864. The molecule has 0 heterocycles. The number of carbonyl (C=O) groups is 2. The second-order valence-corrected chi connectivity index (χ2v) is 5.70. The Morgan fingerprint density at radius 3 is 2.65 bits per heavy atom. The molecule has 0 spiro atoms. The van der Waals surface area contributed by atoms with Crippen LogP contribution in [0.15, 0.2) is 18.2 Å². The highest BCUT2D eigenvalue weighted by atomic mass is 35.5. The molecular formula is C14H17ClFNO3. The lowest BCUT2D eigenvalue weighted by Gasteiger charge is -2.23. The van der Waals surface area contributed by atoms with Gasteiger partial charge in [0.15, 0.2) is 0 Å². The van der Waals surface area contributed by atoms with Crippen LogP contribution in [0.4, 0.5) is 9.18 Å². The molecule has 1 atom stereocenters. The average Bonchev–Trinajstić information content (AvgIpc) is 2.25. The standard InChI is InChI=1S/C14H17ClFNO3/c1-14(2,3)20-13(19)17-12(6-7-18)10-5-4-9(15)8-11(10)16/h4-5,7-8,12H,6H2,1-3H3,(H,17,19)/t12-/m1/s1. The van der Waals surface area contributed by atoms with Crippen molar-refractivity contribution >= 4 is 24.0 Å². The Morgan fingerprint density at radius 2 is 2.15 bits per heavy atom. The molecule has 0 aliphatic carbocycles. The monoisotopic (exact) mass is 301 g/mol. The number of amides is 1. The first kappa shape index (κ1) is 16.4. The van der Waals surface area contributed by atoms with Gasteiger partial charge in [0.2, 0.25) is 0 Å². The van der Waals surface area contributed by atoms with E-state index in [2.05, 4.69) is 5.32 Å². The van der Waals surface area contributed by atoms with Crippen LogP contribution in [0.1, 0.15) is 38.8 Å². The van der Waals surface area contributed by atoms with E-state index in [9.17, 15) is 14.0 Å². The molecule has 0 saturated heterocycles. The highest BCUT2D eigenvalue weighted by Crippen LogP contribution is 2.23. The molecular weight excluding hydrogens is 285 g/mol. The largest absolute Gasteiger partial charge is 0.444 e. The molecule has 0 bridgehead atoms. The lowest BCUT2D eigenvalue weighted by molar-refractivity contribution is -0.108. The zero-order valence-corrected chi connectivity index (χ0v) is 12.3. The van der Waals surface area contributed by atoms with Crippen molar-refractivity contribution in [2.75, 3.05) is 0 Å². The summed E-state index contributed by atoms with van der Waals surface area (Å²) < 4.78 is 18.9. The molecule has 0 unspecified atom stereocenters. The van der Waals surface area contributed by atoms with E-state index in [0.717, 1.165) is 6.07 Å². The number of ether oxygens (including phenoxy) is 1. The molecule has 0 aliphatic rings. The minimum Gasteiger partial charge on any atom is -0.444 e. The van der Waals surface area contributed by atoms with Gasteiger partial charge in [-0.25, -0.2) is 9.18 Å². The number of halogens is 2. The van der Waals surface area contributed by atoms with E-state index in [1.165, 1.54) is 12.1 Å². The van der Waals surface area contributed by atoms with E-state index in [1.807, 2.05) is 0 Å². The highest BCUT2D eigenvalue weighted by Gasteiger charge is 2.22. The molecule has 0 radical (unpaired) electrons. The summed E-state index contributed by atoms with van der Waals surface area (Å²) in [6.07, 6.45) is -0.160. The van der Waals surface area contributed by atoms with Gasteiger partial charge in [0.25, 0.3) is 0 Å². The number of carbonyl (C=O) groups excluding carboxylic acids is 2. The molecule has 6 heteroatoms. The Hall–Kier alpha value is -1.62. The van der Waals surface area contributed by atoms with E-state index in [0.29, 0.717) is 6.29 Å². The SMILES string of the molecule is CC(C)(C)OC(=O)N[C@H](CC=O)c1ccc(Cl)cc1F. The maximum Gasteiger partial charge on any atom is 0.408 e. The summed E-state index contributed by atoms with van der Waals surface area (Å²) >= 11 is 5.67. The molecule has 1 N–H and O–H groups in total. The van der Waals surface area contributed by atoms with Crippen LogP contribution >= 0.6 is 11.6 Å². The van der Waals surface area contributed by atoms with Crippen LogP contribution in [0.2, 0.25) is 5.02 Å². The fourth-order valence-electron chi connectivity index (χ4n) is 1.59. The van der Waals surface area contributed by atoms with Crippen LogP contribution in [0.25, 0.3) is 0 Å². The van der Waals surface area contributed by atoms with Gasteiger partial charge >= 0.3 is 6.09 Å². The third kappa shape index (κ3) is 5.17. The first-order chi connectivity index (χ1) is 9.23. The maximum atomic E-state index is 13.8. The van der Waals surface area contributed by atoms with Crippen molar-refractivity contribution in [2.45, 2.75) is 38.8 Å². The summed E-state index contributed by atoms with van der Waals surface area (Å²) in [6.45, 7) is 5.14. The molecule has 110 valence electrons. The van der Waals surface area contributed by atoms with Crippen LogP contribution in [0.3, 0.4) is 0 Å². The topological polar surface area (TPSA) is 55.4 Å². The molecule has 1 aromatic rings. The van der Waals surface area contributed by atoms with Crippen LogP contribution in [-0.4, -0.2) is 18.0 Å². The molecule has 1 amide bonds. The number of alkyl carbamates (subject to hydrolysis) is 1. The second-order valence-electron chi connectivity index (χ2n) is 5.27. The lowest BCUT2D eigenvalue weighted by atomic mass is 10.0. The summed E-state index contributed by atoms with van der Waals surface area (Å²) in [5.74, 6) is -0.583. The molecule has 0 aliphatic heterocycles. The van der Waals surface area contributed by atoms with E-state index < -0.39 is 23.6 Å². The van der Waals surface area contributed by atoms with Gasteiger partial charge in [0.05, 0.1) is 6.04 Å². The number of benzene rings is 1. The number of aldehydes is 1. The minimum absolute atomic E-state index is 0.0577. The maximum absolute atomic E-state index is 13.8. The third-order valence-corrected chi connectivity index (χ3v) is 2.60. The van der Waals surface area contributed by atoms with E-state index >= 15 is 0 Å². The Bertz CT molecular complexity index is 500. The first-order valence-electron chi connectivity index (χ1n) is 6.11. The summed E-state index contributed by atoms with van der Waals surface area (Å²) in [5.41, 5.74) is -0.485. The van der Waals surface area contributed by atoms with Crippen molar-refractivity contribution in [3.05, 3.63) is 34.6 Å². The second kappa shape index (κ2) is 6.70. The van der Waals surface area contributed by atoms with E-state index in [-0.39, 0.29) is 17.0 Å². The molecule has 0 saturated carbocycles. The van der Waals surface area contributed by atoms with Gasteiger partial charge in [-0.3, -0.25) is 0 Å². The molecule has 4 nitrogen and oxygen atoms in total. The number of rotatable bonds is 4. The fraction of sp³-hybridized carbons (Fsp3) is 0.429. The Morgan fingerprint density at radius 1 is 1.50 bits per heavy atom. The molecule has 0 fully saturated rings. The Kier molecular flexibility index (Phi) is 5.51. The van der Waals surface area contributed by atoms with E-state index in [1.54, 1.807) is 20.8 Å². The van der Waals surface area contributed by atoms with Gasteiger partial charge in [-0.1, -0.05) is 17.7 Å². The zero-order valence-electron chi connectivity index (χ0n) is 11.6. The molecule has 0 aromatic heterocycles. The summed E-state index contributed by atoms with van der Waals surface area (Å²) in [6, 6.07) is 3.27. The predicted molar refractivity (Wildman–Crippen MR) is 74.2 cm³/mol. The number of hydrogen-bond acceptors (Lipinski definition) is 3. The first-order valence-corrected chi connectivity index (χ1v) is 6.49. The Balaban J connectivity index is 2.89. The van der Waals surface area contributed by atoms with Crippen molar-refractivity contribution in [1.29, 1.82) is 0 Å². The highest BCUT2D eigenvalue weighted by molar-refractivity contribution is 6.30. The summed E-state index contributed by atoms with van der Waals surface area (Å²) in [7, 11) is 0. The van der Waals surface area contributed by atoms with Gasteiger partial charge in [0.1, 0.15) is 17.7 Å². The van der Waals surface area contributed by atoms with Crippen LogP contribution in [-0.2, 0) is 9.53 Å². The zero-order chi connectivity index (χ0) is 15.3. The van der Waals surface area contributed by atoms with Crippen molar-refractivity contribution in [1.82, 2.24) is 5.32 Å². The van der Waals surface area contributed by atoms with Gasteiger partial charge in [-0.15, -0.1) is 0 Å². The van der Waals surface area contributed by atoms with Gasteiger partial charge in [0, 0.05) is 17.0 Å². The van der Waals surface area contributed by atoms with Crippen molar-refractivity contribution < 1.29 is 18.7 Å². The smallest absolute Gasteiger partial charge is 0.408 e. The van der Waals surface area contributed by atoms with Crippen LogP contribution in [0.5, 0.6) is 0 Å². The van der Waals surface area contributed by atoms with E-state index in [4.69, 9.17) is 16.3 Å². The third-order valence-electron chi connectivity index (χ3n) is 2.36.